The molecule has 0 aromatic heterocycles. The molecule has 0 spiro atoms. The second-order valence-electron chi connectivity index (χ2n) is 2.23. The van der Waals surface area contributed by atoms with Crippen LogP contribution in [0.5, 0.6) is 5.75 Å². The lowest BCUT2D eigenvalue weighted by Gasteiger charge is -2.07. The first kappa shape index (κ1) is 11.0. The van der Waals surface area contributed by atoms with Crippen molar-refractivity contribution >= 4 is 23.2 Å². The first-order chi connectivity index (χ1) is 6.56. The molecule has 0 unspecified atom stereocenters. The fraction of sp³-hybridized carbons (Fsp3) is 0.125. The van der Waals surface area contributed by atoms with E-state index in [1.165, 1.54) is 12.1 Å². The minimum atomic E-state index is -2.98. The van der Waals surface area contributed by atoms with Crippen LogP contribution >= 0.6 is 23.2 Å². The maximum absolute atomic E-state index is 11.8. The van der Waals surface area contributed by atoms with Crippen LogP contribution in [0.1, 0.15) is 5.56 Å². The van der Waals surface area contributed by atoms with Crippen LogP contribution in [0.4, 0.5) is 8.78 Å². The lowest BCUT2D eigenvalue weighted by Crippen LogP contribution is -2.02. The van der Waals surface area contributed by atoms with E-state index < -0.39 is 6.61 Å². The molecule has 0 amide bonds. The summed E-state index contributed by atoms with van der Waals surface area (Å²) in [6, 6.07) is 4.18. The van der Waals surface area contributed by atoms with E-state index in [1.807, 2.05) is 0 Å². The molecule has 1 rings (SSSR count). The minimum Gasteiger partial charge on any atom is -0.433 e. The third-order valence-electron chi connectivity index (χ3n) is 1.38. The molecule has 0 radical (unpaired) electrons. The van der Waals surface area contributed by atoms with Crippen molar-refractivity contribution in [3.05, 3.63) is 27.7 Å². The number of hydrogen-bond donors (Lipinski definition) is 0. The summed E-state index contributed by atoms with van der Waals surface area (Å²) in [7, 11) is 0. The van der Waals surface area contributed by atoms with E-state index in [-0.39, 0.29) is 21.4 Å². The third kappa shape index (κ3) is 2.25. The van der Waals surface area contributed by atoms with Gasteiger partial charge in [-0.25, -0.2) is 0 Å². The zero-order valence-electron chi connectivity index (χ0n) is 6.60. The molecule has 0 aliphatic rings. The van der Waals surface area contributed by atoms with E-state index in [0.29, 0.717) is 0 Å². The number of alkyl halides is 2. The highest BCUT2D eigenvalue weighted by Crippen LogP contribution is 2.34. The number of halogens is 4. The summed E-state index contributed by atoms with van der Waals surface area (Å²) in [4.78, 5) is 0. The highest BCUT2D eigenvalue weighted by molar-refractivity contribution is 6.43. The third-order valence-corrected chi connectivity index (χ3v) is 2.25. The van der Waals surface area contributed by atoms with Gasteiger partial charge in [0.15, 0.2) is 0 Å². The normalized spacial score (nSPS) is 10.0. The fourth-order valence-electron chi connectivity index (χ4n) is 0.805. The monoisotopic (exact) mass is 237 g/mol. The van der Waals surface area contributed by atoms with Crippen molar-refractivity contribution in [1.29, 1.82) is 5.26 Å². The summed E-state index contributed by atoms with van der Waals surface area (Å²) in [6.45, 7) is -2.98. The average molecular weight is 238 g/mol. The molecule has 0 atom stereocenters. The van der Waals surface area contributed by atoms with Crippen LogP contribution in [0.25, 0.3) is 0 Å². The standard InChI is InChI=1S/C8H3Cl2F2NO/c9-6-4(3-13)1-2-5(7(6)10)14-8(11)12/h1-2,8H. The van der Waals surface area contributed by atoms with E-state index in [9.17, 15) is 8.78 Å². The first-order valence-electron chi connectivity index (χ1n) is 3.39. The largest absolute Gasteiger partial charge is 0.433 e. The van der Waals surface area contributed by atoms with Gasteiger partial charge in [0.25, 0.3) is 0 Å². The van der Waals surface area contributed by atoms with Gasteiger partial charge in [0, 0.05) is 0 Å². The Morgan fingerprint density at radius 1 is 1.29 bits per heavy atom. The number of hydrogen-bond acceptors (Lipinski definition) is 2. The van der Waals surface area contributed by atoms with E-state index >= 15 is 0 Å². The predicted octanol–water partition coefficient (Wildman–Crippen LogP) is 3.47. The number of rotatable bonds is 2. The van der Waals surface area contributed by atoms with Crippen molar-refractivity contribution in [1.82, 2.24) is 0 Å². The van der Waals surface area contributed by atoms with Crippen LogP contribution in [0.15, 0.2) is 12.1 Å². The van der Waals surface area contributed by atoms with Gasteiger partial charge in [0.05, 0.1) is 10.6 Å². The molecule has 0 bridgehead atoms. The molecule has 74 valence electrons. The zero-order chi connectivity index (χ0) is 10.7. The molecule has 14 heavy (non-hydrogen) atoms. The molecule has 1 aromatic rings. The van der Waals surface area contributed by atoms with E-state index in [2.05, 4.69) is 4.74 Å². The van der Waals surface area contributed by atoms with E-state index in [0.717, 1.165) is 0 Å². The van der Waals surface area contributed by atoms with Crippen LogP contribution in [0.2, 0.25) is 10.0 Å². The summed E-state index contributed by atoms with van der Waals surface area (Å²) in [5.74, 6) is -0.245. The molecular formula is C8H3Cl2F2NO. The van der Waals surface area contributed by atoms with Crippen molar-refractivity contribution in [2.45, 2.75) is 6.61 Å². The van der Waals surface area contributed by atoms with Crippen LogP contribution in [-0.4, -0.2) is 6.61 Å². The van der Waals surface area contributed by atoms with Crippen LogP contribution < -0.4 is 4.74 Å². The molecule has 0 saturated carbocycles. The Balaban J connectivity index is 3.12. The highest BCUT2D eigenvalue weighted by Gasteiger charge is 2.13. The van der Waals surface area contributed by atoms with E-state index in [4.69, 9.17) is 28.5 Å². The molecule has 0 fully saturated rings. The number of nitrogens with zero attached hydrogens (tertiary/aromatic N) is 1. The van der Waals surface area contributed by atoms with Gasteiger partial charge >= 0.3 is 6.61 Å². The van der Waals surface area contributed by atoms with Crippen molar-refractivity contribution in [3.63, 3.8) is 0 Å². The minimum absolute atomic E-state index is 0.0904. The average Bonchev–Trinajstić information content (AvgIpc) is 2.13. The lowest BCUT2D eigenvalue weighted by molar-refractivity contribution is -0.0497. The van der Waals surface area contributed by atoms with Gasteiger partial charge in [-0.2, -0.15) is 14.0 Å². The Labute approximate surface area is 88.6 Å². The van der Waals surface area contributed by atoms with Crippen molar-refractivity contribution in [2.24, 2.45) is 0 Å². The Kier molecular flexibility index (Phi) is 3.50. The summed E-state index contributed by atoms with van der Waals surface area (Å²) in [5.41, 5.74) is 0.110. The maximum Gasteiger partial charge on any atom is 0.387 e. The van der Waals surface area contributed by atoms with Crippen molar-refractivity contribution in [2.75, 3.05) is 0 Å². The van der Waals surface area contributed by atoms with Gasteiger partial charge in [-0.3, -0.25) is 0 Å². The van der Waals surface area contributed by atoms with Gasteiger partial charge in [0.1, 0.15) is 16.8 Å². The summed E-state index contributed by atoms with van der Waals surface area (Å²) < 4.78 is 27.7. The summed E-state index contributed by atoms with van der Waals surface area (Å²) in [5, 5.41) is 8.25. The SMILES string of the molecule is N#Cc1ccc(OC(F)F)c(Cl)c1Cl. The summed E-state index contributed by atoms with van der Waals surface area (Å²) in [6.07, 6.45) is 0. The van der Waals surface area contributed by atoms with Gasteiger partial charge < -0.3 is 4.74 Å². The van der Waals surface area contributed by atoms with Gasteiger partial charge in [0.2, 0.25) is 0 Å². The molecule has 1 aromatic carbocycles. The summed E-state index contributed by atoms with van der Waals surface area (Å²) >= 11 is 11.2. The topological polar surface area (TPSA) is 33.0 Å². The first-order valence-corrected chi connectivity index (χ1v) is 4.14. The molecule has 0 saturated heterocycles. The molecule has 2 nitrogen and oxygen atoms in total. The second-order valence-corrected chi connectivity index (χ2v) is 2.99. The Morgan fingerprint density at radius 3 is 2.43 bits per heavy atom. The Hall–Kier alpha value is -1.05. The van der Waals surface area contributed by atoms with Crippen LogP contribution in [-0.2, 0) is 0 Å². The van der Waals surface area contributed by atoms with Crippen LogP contribution in [0, 0.1) is 11.3 Å². The van der Waals surface area contributed by atoms with Gasteiger partial charge in [-0.1, -0.05) is 23.2 Å². The van der Waals surface area contributed by atoms with Gasteiger partial charge in [-0.15, -0.1) is 0 Å². The fourth-order valence-corrected chi connectivity index (χ4v) is 1.21. The highest BCUT2D eigenvalue weighted by atomic mass is 35.5. The molecule has 6 heteroatoms. The Morgan fingerprint density at radius 2 is 1.93 bits per heavy atom. The number of benzene rings is 1. The van der Waals surface area contributed by atoms with Gasteiger partial charge in [-0.05, 0) is 12.1 Å². The zero-order valence-corrected chi connectivity index (χ0v) is 8.11. The molecule has 0 aliphatic heterocycles. The molecule has 0 N–H and O–H groups in total. The lowest BCUT2D eigenvalue weighted by atomic mass is 10.2. The van der Waals surface area contributed by atoms with Crippen molar-refractivity contribution < 1.29 is 13.5 Å². The van der Waals surface area contributed by atoms with Crippen molar-refractivity contribution in [3.8, 4) is 11.8 Å². The molecular weight excluding hydrogens is 235 g/mol. The molecule has 0 aliphatic carbocycles. The predicted molar refractivity (Wildman–Crippen MR) is 47.8 cm³/mol. The van der Waals surface area contributed by atoms with E-state index in [1.54, 1.807) is 6.07 Å². The smallest absolute Gasteiger partial charge is 0.387 e. The number of nitriles is 1. The molecule has 0 heterocycles. The maximum atomic E-state index is 11.8. The number of ether oxygens (including phenoxy) is 1. The quantitative estimate of drug-likeness (QED) is 0.790. The Bertz CT molecular complexity index is 390. The second kappa shape index (κ2) is 4.45. The van der Waals surface area contributed by atoms with Crippen LogP contribution in [0.3, 0.4) is 0 Å².